The fraction of sp³-hybridized carbons (Fsp3) is 0.654. The first-order valence-electron chi connectivity index (χ1n) is 11.9. The Morgan fingerprint density at radius 1 is 0.970 bits per heavy atom. The van der Waals surface area contributed by atoms with Crippen LogP contribution in [0.2, 0.25) is 0 Å². The van der Waals surface area contributed by atoms with Gasteiger partial charge in [0.25, 0.3) is 0 Å². The topological polar surface area (TPSA) is 105 Å². The van der Waals surface area contributed by atoms with E-state index < -0.39 is 34.6 Å². The Balaban J connectivity index is 2.23. The number of aliphatic carboxylic acids is 1. The molecule has 0 aromatic heterocycles. The average molecular weight is 461 g/mol. The normalized spacial score (nSPS) is 17.0. The second kappa shape index (κ2) is 11.0. The standard InChI is InChI=1S/C26H40N2O5/c1-24(2,3)33-23(32)28-25(4,5)21(29)27-26(22(30)31,18-20-14-10-7-11-15-20)17-16-19-12-8-6-9-13-19/h7,10-11,14-15,19H,6,8-9,12-13,16-18H2,1-5H3,(H,27,29)(H,28,32)(H,30,31)/t26-/m0/s1. The highest BCUT2D eigenvalue weighted by Gasteiger charge is 2.44. The smallest absolute Gasteiger partial charge is 0.408 e. The number of nitrogens with one attached hydrogen (secondary N) is 2. The number of benzene rings is 1. The van der Waals surface area contributed by atoms with Gasteiger partial charge in [0, 0.05) is 6.42 Å². The van der Waals surface area contributed by atoms with Crippen molar-refractivity contribution in [1.29, 1.82) is 0 Å². The molecule has 3 N–H and O–H groups in total. The van der Waals surface area contributed by atoms with Gasteiger partial charge < -0.3 is 20.5 Å². The van der Waals surface area contributed by atoms with Crippen molar-refractivity contribution in [2.45, 2.75) is 103 Å². The largest absolute Gasteiger partial charge is 0.479 e. The van der Waals surface area contributed by atoms with Crippen LogP contribution in [-0.2, 0) is 20.7 Å². The van der Waals surface area contributed by atoms with Crippen LogP contribution in [-0.4, -0.2) is 39.8 Å². The number of amides is 2. The summed E-state index contributed by atoms with van der Waals surface area (Å²) in [6.45, 7) is 8.30. The molecule has 7 nitrogen and oxygen atoms in total. The molecule has 1 aromatic carbocycles. The highest BCUT2D eigenvalue weighted by molar-refractivity contribution is 5.93. The molecule has 1 fully saturated rings. The average Bonchev–Trinajstić information content (AvgIpc) is 2.71. The number of rotatable bonds is 9. The lowest BCUT2D eigenvalue weighted by Gasteiger charge is -2.36. The number of carboxylic acids is 1. The van der Waals surface area contributed by atoms with Crippen LogP contribution in [0.3, 0.4) is 0 Å². The summed E-state index contributed by atoms with van der Waals surface area (Å²) in [5.74, 6) is -1.16. The fourth-order valence-electron chi connectivity index (χ4n) is 4.29. The van der Waals surface area contributed by atoms with Gasteiger partial charge in [-0.25, -0.2) is 9.59 Å². The Morgan fingerprint density at radius 3 is 2.12 bits per heavy atom. The summed E-state index contributed by atoms with van der Waals surface area (Å²) in [5, 5.41) is 15.7. The number of carbonyl (C=O) groups excluding carboxylic acids is 2. The molecule has 33 heavy (non-hydrogen) atoms. The predicted octanol–water partition coefficient (Wildman–Crippen LogP) is 4.83. The van der Waals surface area contributed by atoms with E-state index in [1.54, 1.807) is 34.6 Å². The van der Waals surface area contributed by atoms with Gasteiger partial charge in [-0.15, -0.1) is 0 Å². The maximum Gasteiger partial charge on any atom is 0.408 e. The van der Waals surface area contributed by atoms with Crippen molar-refractivity contribution in [3.63, 3.8) is 0 Å². The number of hydrogen-bond acceptors (Lipinski definition) is 4. The molecule has 0 saturated heterocycles. The summed E-state index contributed by atoms with van der Waals surface area (Å²) < 4.78 is 5.28. The van der Waals surface area contributed by atoms with Crippen LogP contribution in [0.1, 0.15) is 85.1 Å². The predicted molar refractivity (Wildman–Crippen MR) is 128 cm³/mol. The quantitative estimate of drug-likeness (QED) is 0.489. The minimum absolute atomic E-state index is 0.171. The first-order valence-corrected chi connectivity index (χ1v) is 11.9. The maximum absolute atomic E-state index is 13.3. The Labute approximate surface area is 197 Å². The molecule has 0 spiro atoms. The van der Waals surface area contributed by atoms with Gasteiger partial charge in [0.1, 0.15) is 16.7 Å². The van der Waals surface area contributed by atoms with Crippen molar-refractivity contribution in [1.82, 2.24) is 10.6 Å². The lowest BCUT2D eigenvalue weighted by molar-refractivity contribution is -0.149. The van der Waals surface area contributed by atoms with Crippen LogP contribution < -0.4 is 10.6 Å². The summed E-state index contributed by atoms with van der Waals surface area (Å²) in [6, 6.07) is 9.33. The van der Waals surface area contributed by atoms with Gasteiger partial charge in [0.05, 0.1) is 0 Å². The maximum atomic E-state index is 13.3. The zero-order chi connectivity index (χ0) is 24.7. The summed E-state index contributed by atoms with van der Waals surface area (Å²) in [4.78, 5) is 38.2. The molecule has 0 heterocycles. The summed E-state index contributed by atoms with van der Waals surface area (Å²) in [5.41, 5.74) is -2.70. The molecule has 0 aliphatic heterocycles. The second-order valence-corrected chi connectivity index (χ2v) is 10.8. The highest BCUT2D eigenvalue weighted by atomic mass is 16.6. The first-order chi connectivity index (χ1) is 15.3. The molecule has 1 atom stereocenters. The van der Waals surface area contributed by atoms with E-state index in [1.165, 1.54) is 19.3 Å². The van der Waals surface area contributed by atoms with Gasteiger partial charge in [-0.05, 0) is 58.9 Å². The SMILES string of the molecule is CC(C)(C)OC(=O)NC(C)(C)C(=O)N[C@@](CCC1CCCCC1)(Cc1ccccc1)C(=O)O. The molecule has 0 unspecified atom stereocenters. The monoisotopic (exact) mass is 460 g/mol. The van der Waals surface area contributed by atoms with E-state index in [2.05, 4.69) is 10.6 Å². The van der Waals surface area contributed by atoms with Crippen molar-refractivity contribution < 1.29 is 24.2 Å². The van der Waals surface area contributed by atoms with Gasteiger partial charge in [0.2, 0.25) is 5.91 Å². The van der Waals surface area contributed by atoms with Crippen molar-refractivity contribution in [3.8, 4) is 0 Å². The van der Waals surface area contributed by atoms with Gasteiger partial charge in [-0.3, -0.25) is 4.79 Å². The molecule has 2 rings (SSSR count). The van der Waals surface area contributed by atoms with Crippen LogP contribution in [0.4, 0.5) is 4.79 Å². The molecule has 1 aliphatic carbocycles. The van der Waals surface area contributed by atoms with Gasteiger partial charge in [-0.2, -0.15) is 0 Å². The van der Waals surface area contributed by atoms with E-state index in [0.29, 0.717) is 12.3 Å². The van der Waals surface area contributed by atoms with Crippen LogP contribution in [0.15, 0.2) is 30.3 Å². The van der Waals surface area contributed by atoms with Crippen molar-refractivity contribution in [2.24, 2.45) is 5.92 Å². The molecule has 0 radical (unpaired) electrons. The Bertz CT molecular complexity index is 810. The number of carbonyl (C=O) groups is 3. The molecule has 1 saturated carbocycles. The number of carboxylic acid groups (broad SMARTS) is 1. The first kappa shape index (κ1) is 26.7. The van der Waals surface area contributed by atoms with Crippen LogP contribution in [0.5, 0.6) is 0 Å². The zero-order valence-electron chi connectivity index (χ0n) is 20.7. The van der Waals surface area contributed by atoms with Crippen LogP contribution in [0, 0.1) is 5.92 Å². The lowest BCUT2D eigenvalue weighted by atomic mass is 9.79. The van der Waals surface area contributed by atoms with E-state index >= 15 is 0 Å². The third kappa shape index (κ3) is 8.37. The third-order valence-electron chi connectivity index (χ3n) is 6.20. The van der Waals surface area contributed by atoms with Gasteiger partial charge >= 0.3 is 12.1 Å². The number of ether oxygens (including phenoxy) is 1. The van der Waals surface area contributed by atoms with Crippen LogP contribution in [0.25, 0.3) is 0 Å². The zero-order valence-corrected chi connectivity index (χ0v) is 20.7. The van der Waals surface area contributed by atoms with Gasteiger partial charge in [0.15, 0.2) is 0 Å². The van der Waals surface area contributed by atoms with E-state index in [1.807, 2.05) is 30.3 Å². The molecule has 0 bridgehead atoms. The molecular formula is C26H40N2O5. The van der Waals surface area contributed by atoms with E-state index in [4.69, 9.17) is 4.74 Å². The Hall–Kier alpha value is -2.57. The molecular weight excluding hydrogens is 420 g/mol. The summed E-state index contributed by atoms with van der Waals surface area (Å²) >= 11 is 0. The molecule has 1 aliphatic rings. The van der Waals surface area contributed by atoms with Crippen molar-refractivity contribution in [2.75, 3.05) is 0 Å². The van der Waals surface area contributed by atoms with E-state index in [-0.39, 0.29) is 6.42 Å². The fourth-order valence-corrected chi connectivity index (χ4v) is 4.29. The third-order valence-corrected chi connectivity index (χ3v) is 6.20. The Kier molecular flexibility index (Phi) is 8.92. The number of alkyl carbamates (subject to hydrolysis) is 1. The molecule has 1 aromatic rings. The second-order valence-electron chi connectivity index (χ2n) is 10.8. The summed E-state index contributed by atoms with van der Waals surface area (Å²) in [7, 11) is 0. The Morgan fingerprint density at radius 2 is 1.58 bits per heavy atom. The van der Waals surface area contributed by atoms with E-state index in [0.717, 1.165) is 24.8 Å². The number of hydrogen-bond donors (Lipinski definition) is 3. The molecule has 184 valence electrons. The molecule has 7 heteroatoms. The lowest BCUT2D eigenvalue weighted by Crippen LogP contribution is -2.64. The minimum atomic E-state index is -1.47. The van der Waals surface area contributed by atoms with Crippen molar-refractivity contribution in [3.05, 3.63) is 35.9 Å². The minimum Gasteiger partial charge on any atom is -0.479 e. The summed E-state index contributed by atoms with van der Waals surface area (Å²) in [6.07, 6.45) is 6.27. The molecule has 2 amide bonds. The van der Waals surface area contributed by atoms with Gasteiger partial charge in [-0.1, -0.05) is 62.4 Å². The van der Waals surface area contributed by atoms with Crippen LogP contribution >= 0.6 is 0 Å². The highest BCUT2D eigenvalue weighted by Crippen LogP contribution is 2.31. The van der Waals surface area contributed by atoms with Crippen molar-refractivity contribution >= 4 is 18.0 Å². The van der Waals surface area contributed by atoms with E-state index in [9.17, 15) is 19.5 Å².